The number of hydrogen-bond donors (Lipinski definition) is 0. The van der Waals surface area contributed by atoms with E-state index in [0.29, 0.717) is 5.56 Å². The van der Waals surface area contributed by atoms with E-state index in [1.54, 1.807) is 18.7 Å². The molecule has 1 fully saturated rings. The van der Waals surface area contributed by atoms with Crippen molar-refractivity contribution in [2.45, 2.75) is 30.8 Å². The van der Waals surface area contributed by atoms with Crippen molar-refractivity contribution in [3.8, 4) is 0 Å². The highest BCUT2D eigenvalue weighted by molar-refractivity contribution is 8.07. The van der Waals surface area contributed by atoms with Crippen LogP contribution in [0.2, 0.25) is 0 Å². The van der Waals surface area contributed by atoms with Crippen molar-refractivity contribution in [3.63, 3.8) is 0 Å². The lowest BCUT2D eigenvalue weighted by molar-refractivity contribution is 0.0979. The molecule has 0 bridgehead atoms. The van der Waals surface area contributed by atoms with Gasteiger partial charge in [0.05, 0.1) is 10.8 Å². The molecule has 0 N–H and O–H groups in total. The van der Waals surface area contributed by atoms with Crippen LogP contribution in [0.1, 0.15) is 29.3 Å². The molecule has 1 nitrogen and oxygen atoms in total. The minimum atomic E-state index is -0.751. The van der Waals surface area contributed by atoms with Gasteiger partial charge >= 0.3 is 0 Å². The number of benzene rings is 1. The number of halogens is 2. The van der Waals surface area contributed by atoms with Gasteiger partial charge in [0.1, 0.15) is 11.6 Å². The number of ketones is 1. The molecule has 0 amide bonds. The van der Waals surface area contributed by atoms with E-state index in [1.165, 1.54) is 23.9 Å². The molecule has 0 spiro atoms. The van der Waals surface area contributed by atoms with Crippen molar-refractivity contribution in [1.82, 2.24) is 0 Å². The molecule has 5 heteroatoms. The fourth-order valence-electron chi connectivity index (χ4n) is 2.17. The Labute approximate surface area is 120 Å². The monoisotopic (exact) mass is 302 g/mol. The van der Waals surface area contributed by atoms with Gasteiger partial charge < -0.3 is 0 Å². The summed E-state index contributed by atoms with van der Waals surface area (Å²) in [6.45, 7) is 3.55. The van der Waals surface area contributed by atoms with E-state index in [-0.39, 0.29) is 16.1 Å². The van der Waals surface area contributed by atoms with Crippen LogP contribution in [-0.2, 0) is 0 Å². The highest BCUT2D eigenvalue weighted by atomic mass is 32.2. The molecule has 0 aliphatic carbocycles. The van der Waals surface area contributed by atoms with Gasteiger partial charge in [-0.2, -0.15) is 11.8 Å². The van der Waals surface area contributed by atoms with E-state index < -0.39 is 17.4 Å². The smallest absolute Gasteiger partial charge is 0.182 e. The average molecular weight is 302 g/mol. The molecule has 2 rings (SSSR count). The predicted octanol–water partition coefficient (Wildman–Crippen LogP) is 4.08. The SMILES string of the molecule is CCC1SCCSC1C(=O)c1c(F)ccc(C)c1F. The Morgan fingerprint density at radius 3 is 2.68 bits per heavy atom. The summed E-state index contributed by atoms with van der Waals surface area (Å²) in [4.78, 5) is 12.4. The number of Topliss-reactive ketones (excluding diaryl/α,β-unsaturated/α-hetero) is 1. The van der Waals surface area contributed by atoms with Crippen LogP contribution in [0.15, 0.2) is 12.1 Å². The van der Waals surface area contributed by atoms with Crippen LogP contribution in [0.3, 0.4) is 0 Å². The fourth-order valence-corrected chi connectivity index (χ4v) is 5.18. The molecule has 1 aliphatic rings. The van der Waals surface area contributed by atoms with Crippen LogP contribution in [0, 0.1) is 18.6 Å². The van der Waals surface area contributed by atoms with E-state index in [4.69, 9.17) is 0 Å². The molecule has 0 radical (unpaired) electrons. The van der Waals surface area contributed by atoms with Crippen molar-refractivity contribution < 1.29 is 13.6 Å². The van der Waals surface area contributed by atoms with Crippen molar-refractivity contribution in [3.05, 3.63) is 34.9 Å². The average Bonchev–Trinajstić information content (AvgIpc) is 2.43. The Kier molecular flexibility index (Phi) is 4.90. The van der Waals surface area contributed by atoms with Gasteiger partial charge in [0.15, 0.2) is 5.78 Å². The van der Waals surface area contributed by atoms with Crippen molar-refractivity contribution in [2.24, 2.45) is 0 Å². The largest absolute Gasteiger partial charge is 0.293 e. The number of aryl methyl sites for hydroxylation is 1. The predicted molar refractivity (Wildman–Crippen MR) is 78.2 cm³/mol. The second-order valence-electron chi connectivity index (χ2n) is 4.53. The number of thioether (sulfide) groups is 2. The zero-order valence-corrected chi connectivity index (χ0v) is 12.5. The van der Waals surface area contributed by atoms with Gasteiger partial charge in [0, 0.05) is 16.8 Å². The molecule has 2 atom stereocenters. The zero-order chi connectivity index (χ0) is 14.0. The minimum Gasteiger partial charge on any atom is -0.293 e. The number of carbonyl (C=O) groups excluding carboxylic acids is 1. The second kappa shape index (κ2) is 6.27. The standard InChI is InChI=1S/C14H16F2OS2/c1-3-10-14(19-7-6-18-10)13(17)11-9(15)5-4-8(2)12(11)16/h4-5,10,14H,3,6-7H2,1-2H3. The van der Waals surface area contributed by atoms with Gasteiger partial charge in [-0.3, -0.25) is 4.79 Å². The summed E-state index contributed by atoms with van der Waals surface area (Å²) >= 11 is 3.24. The van der Waals surface area contributed by atoms with Gasteiger partial charge in [0.2, 0.25) is 0 Å². The topological polar surface area (TPSA) is 17.1 Å². The molecule has 19 heavy (non-hydrogen) atoms. The Bertz CT molecular complexity index is 491. The summed E-state index contributed by atoms with van der Waals surface area (Å²) in [5.74, 6) is -0.0175. The lowest BCUT2D eigenvalue weighted by Crippen LogP contribution is -2.34. The summed E-state index contributed by atoms with van der Waals surface area (Å²) in [5.41, 5.74) is -0.0512. The highest BCUT2D eigenvalue weighted by Crippen LogP contribution is 2.36. The molecule has 1 aliphatic heterocycles. The Balaban J connectivity index is 2.36. The molecule has 1 heterocycles. The molecule has 1 aromatic carbocycles. The van der Waals surface area contributed by atoms with Crippen LogP contribution >= 0.6 is 23.5 Å². The van der Waals surface area contributed by atoms with E-state index in [2.05, 4.69) is 0 Å². The van der Waals surface area contributed by atoms with Crippen LogP contribution in [0.4, 0.5) is 8.78 Å². The number of carbonyl (C=O) groups is 1. The van der Waals surface area contributed by atoms with Gasteiger partial charge in [-0.25, -0.2) is 8.78 Å². The van der Waals surface area contributed by atoms with Crippen LogP contribution < -0.4 is 0 Å². The fraction of sp³-hybridized carbons (Fsp3) is 0.500. The van der Waals surface area contributed by atoms with Crippen molar-refractivity contribution in [1.29, 1.82) is 0 Å². The molecule has 104 valence electrons. The summed E-state index contributed by atoms with van der Waals surface area (Å²) < 4.78 is 27.8. The molecule has 0 aromatic heterocycles. The molecule has 1 aromatic rings. The van der Waals surface area contributed by atoms with Gasteiger partial charge in [-0.05, 0) is 25.0 Å². The Morgan fingerprint density at radius 1 is 1.32 bits per heavy atom. The van der Waals surface area contributed by atoms with E-state index >= 15 is 0 Å². The van der Waals surface area contributed by atoms with E-state index in [0.717, 1.165) is 17.9 Å². The van der Waals surface area contributed by atoms with Gasteiger partial charge in [0.25, 0.3) is 0 Å². The van der Waals surface area contributed by atoms with E-state index in [9.17, 15) is 13.6 Å². The van der Waals surface area contributed by atoms with Crippen molar-refractivity contribution >= 4 is 29.3 Å². The quantitative estimate of drug-likeness (QED) is 0.783. The maximum absolute atomic E-state index is 14.0. The number of rotatable bonds is 3. The molecule has 1 saturated heterocycles. The lowest BCUT2D eigenvalue weighted by Gasteiger charge is -2.29. The van der Waals surface area contributed by atoms with Crippen molar-refractivity contribution in [2.75, 3.05) is 11.5 Å². The maximum Gasteiger partial charge on any atom is 0.182 e. The summed E-state index contributed by atoms with van der Waals surface area (Å²) in [5, 5.41) is -0.194. The zero-order valence-electron chi connectivity index (χ0n) is 10.9. The summed E-state index contributed by atoms with van der Waals surface area (Å²) in [6.07, 6.45) is 0.836. The first-order chi connectivity index (χ1) is 9.06. The van der Waals surface area contributed by atoms with Crippen LogP contribution in [0.25, 0.3) is 0 Å². The van der Waals surface area contributed by atoms with Gasteiger partial charge in [-0.1, -0.05) is 13.0 Å². The van der Waals surface area contributed by atoms with Crippen LogP contribution in [0.5, 0.6) is 0 Å². The third kappa shape index (κ3) is 2.97. The molecular formula is C14H16F2OS2. The summed E-state index contributed by atoms with van der Waals surface area (Å²) in [7, 11) is 0. The highest BCUT2D eigenvalue weighted by Gasteiger charge is 2.34. The molecule has 2 unspecified atom stereocenters. The number of hydrogen-bond acceptors (Lipinski definition) is 3. The summed E-state index contributed by atoms with van der Waals surface area (Å²) in [6, 6.07) is 2.54. The Hall–Kier alpha value is -0.550. The van der Waals surface area contributed by atoms with E-state index in [1.807, 2.05) is 6.92 Å². The minimum absolute atomic E-state index is 0.144. The Morgan fingerprint density at radius 2 is 2.00 bits per heavy atom. The second-order valence-corrected chi connectivity index (χ2v) is 7.12. The lowest BCUT2D eigenvalue weighted by atomic mass is 10.0. The van der Waals surface area contributed by atoms with Crippen LogP contribution in [-0.4, -0.2) is 27.8 Å². The first-order valence-corrected chi connectivity index (χ1v) is 8.38. The first kappa shape index (κ1) is 14.9. The maximum atomic E-state index is 14.0. The first-order valence-electron chi connectivity index (χ1n) is 6.28. The third-order valence-corrected chi connectivity index (χ3v) is 6.49. The molecule has 0 saturated carbocycles. The van der Waals surface area contributed by atoms with Gasteiger partial charge in [-0.15, -0.1) is 11.8 Å². The normalized spacial score (nSPS) is 23.4. The molecular weight excluding hydrogens is 286 g/mol. The third-order valence-electron chi connectivity index (χ3n) is 3.24.